The summed E-state index contributed by atoms with van der Waals surface area (Å²) in [6.07, 6.45) is 0. The van der Waals surface area contributed by atoms with Crippen molar-refractivity contribution >= 4 is 0 Å². The van der Waals surface area contributed by atoms with Gasteiger partial charge in [-0.3, -0.25) is 0 Å². The Morgan fingerprint density at radius 3 is 2.44 bits per heavy atom. The van der Waals surface area contributed by atoms with Gasteiger partial charge in [0.15, 0.2) is 0 Å². The highest BCUT2D eigenvalue weighted by atomic mass is 19.3. The molecule has 0 saturated heterocycles. The van der Waals surface area contributed by atoms with E-state index in [0.29, 0.717) is 19.7 Å². The summed E-state index contributed by atoms with van der Waals surface area (Å²) >= 11 is 0. The molecule has 0 aliphatic carbocycles. The highest BCUT2D eigenvalue weighted by Crippen LogP contribution is 2.18. The van der Waals surface area contributed by atoms with Crippen molar-refractivity contribution in [3.63, 3.8) is 0 Å². The van der Waals surface area contributed by atoms with Crippen molar-refractivity contribution in [1.82, 2.24) is 5.32 Å². The summed E-state index contributed by atoms with van der Waals surface area (Å²) < 4.78 is 33.2. The zero-order chi connectivity index (χ0) is 13.4. The van der Waals surface area contributed by atoms with Crippen LogP contribution in [0.3, 0.4) is 0 Å². The van der Waals surface area contributed by atoms with Crippen LogP contribution < -0.4 is 15.8 Å². The fraction of sp³-hybridized carbons (Fsp3) is 0.500. The summed E-state index contributed by atoms with van der Waals surface area (Å²) in [6.45, 7) is -1.13. The van der Waals surface area contributed by atoms with Crippen LogP contribution in [0.15, 0.2) is 24.3 Å². The number of rotatable bonds is 8. The molecule has 102 valence electrons. The number of hydrogen-bond donors (Lipinski definition) is 2. The quantitative estimate of drug-likeness (QED) is 0.696. The molecule has 1 rings (SSSR count). The molecule has 6 heteroatoms. The predicted octanol–water partition coefficient (Wildman–Crippen LogP) is 1.52. The minimum Gasteiger partial charge on any atom is -0.435 e. The zero-order valence-corrected chi connectivity index (χ0v) is 10.2. The molecular weight excluding hydrogens is 242 g/mol. The Morgan fingerprint density at radius 1 is 1.28 bits per heavy atom. The number of methoxy groups -OCH3 is 1. The van der Waals surface area contributed by atoms with E-state index >= 15 is 0 Å². The summed E-state index contributed by atoms with van der Waals surface area (Å²) in [5, 5.41) is 3.21. The Kier molecular flexibility index (Phi) is 6.56. The fourth-order valence-electron chi connectivity index (χ4n) is 1.55. The summed E-state index contributed by atoms with van der Waals surface area (Å²) in [6, 6.07) is 6.41. The van der Waals surface area contributed by atoms with E-state index in [1.807, 2.05) is 0 Å². The lowest BCUT2D eigenvalue weighted by atomic mass is 10.1. The number of nitrogens with two attached hydrogens (primary N) is 1. The van der Waals surface area contributed by atoms with Gasteiger partial charge in [0, 0.05) is 26.2 Å². The van der Waals surface area contributed by atoms with Gasteiger partial charge in [0.05, 0.1) is 6.61 Å². The third-order valence-electron chi connectivity index (χ3n) is 2.44. The highest BCUT2D eigenvalue weighted by molar-refractivity contribution is 5.29. The number of hydrogen-bond acceptors (Lipinski definition) is 4. The van der Waals surface area contributed by atoms with Gasteiger partial charge in [-0.15, -0.1) is 0 Å². The first-order valence-electron chi connectivity index (χ1n) is 5.64. The lowest BCUT2D eigenvalue weighted by molar-refractivity contribution is -0.0498. The third-order valence-corrected chi connectivity index (χ3v) is 2.44. The van der Waals surface area contributed by atoms with Gasteiger partial charge in [-0.25, -0.2) is 0 Å². The van der Waals surface area contributed by atoms with Gasteiger partial charge in [-0.1, -0.05) is 12.1 Å². The second-order valence-corrected chi connectivity index (χ2v) is 3.68. The van der Waals surface area contributed by atoms with Crippen molar-refractivity contribution in [2.45, 2.75) is 12.7 Å². The first-order valence-corrected chi connectivity index (χ1v) is 5.64. The summed E-state index contributed by atoms with van der Waals surface area (Å²) in [4.78, 5) is 0. The highest BCUT2D eigenvalue weighted by Gasteiger charge is 2.09. The molecule has 0 bridgehead atoms. The normalized spacial score (nSPS) is 12.7. The van der Waals surface area contributed by atoms with Gasteiger partial charge < -0.3 is 20.5 Å². The Hall–Kier alpha value is -1.24. The van der Waals surface area contributed by atoms with Gasteiger partial charge in [-0.2, -0.15) is 8.78 Å². The molecule has 1 aromatic rings. The molecule has 0 radical (unpaired) electrons. The van der Waals surface area contributed by atoms with Crippen LogP contribution in [-0.2, 0) is 4.74 Å². The minimum absolute atomic E-state index is 0.0271. The number of halogens is 2. The van der Waals surface area contributed by atoms with Crippen molar-refractivity contribution in [2.24, 2.45) is 5.73 Å². The van der Waals surface area contributed by atoms with Crippen LogP contribution in [-0.4, -0.2) is 33.4 Å². The van der Waals surface area contributed by atoms with Gasteiger partial charge >= 0.3 is 6.61 Å². The van der Waals surface area contributed by atoms with Gasteiger partial charge in [0.1, 0.15) is 5.75 Å². The molecule has 0 amide bonds. The number of alkyl halides is 2. The Morgan fingerprint density at radius 2 is 1.94 bits per heavy atom. The molecule has 1 aromatic carbocycles. The fourth-order valence-corrected chi connectivity index (χ4v) is 1.55. The molecule has 0 heterocycles. The molecule has 1 unspecified atom stereocenters. The van der Waals surface area contributed by atoms with Crippen LogP contribution in [0.1, 0.15) is 11.6 Å². The van der Waals surface area contributed by atoms with E-state index in [2.05, 4.69) is 10.1 Å². The number of nitrogens with one attached hydrogen (secondary N) is 1. The second-order valence-electron chi connectivity index (χ2n) is 3.68. The molecule has 0 saturated carbocycles. The first kappa shape index (κ1) is 14.8. The number of benzene rings is 1. The predicted molar refractivity (Wildman–Crippen MR) is 64.7 cm³/mol. The molecular formula is C12H18F2N2O2. The molecule has 0 aromatic heterocycles. The van der Waals surface area contributed by atoms with E-state index in [9.17, 15) is 8.78 Å². The van der Waals surface area contributed by atoms with E-state index in [1.54, 1.807) is 19.2 Å². The smallest absolute Gasteiger partial charge is 0.387 e. The van der Waals surface area contributed by atoms with Crippen molar-refractivity contribution < 1.29 is 18.3 Å². The molecule has 0 aliphatic heterocycles. The number of ether oxygens (including phenoxy) is 2. The molecule has 0 spiro atoms. The summed E-state index contributed by atoms with van der Waals surface area (Å²) in [7, 11) is 1.62. The molecule has 0 aliphatic rings. The molecule has 4 nitrogen and oxygen atoms in total. The van der Waals surface area contributed by atoms with Crippen molar-refractivity contribution in [3.05, 3.63) is 29.8 Å². The lowest BCUT2D eigenvalue weighted by Crippen LogP contribution is -2.30. The molecule has 18 heavy (non-hydrogen) atoms. The van der Waals surface area contributed by atoms with E-state index in [4.69, 9.17) is 10.5 Å². The van der Waals surface area contributed by atoms with E-state index in [-0.39, 0.29) is 11.8 Å². The van der Waals surface area contributed by atoms with Crippen LogP contribution in [0.2, 0.25) is 0 Å². The molecule has 0 fully saturated rings. The largest absolute Gasteiger partial charge is 0.435 e. The van der Waals surface area contributed by atoms with Crippen LogP contribution in [0.5, 0.6) is 5.75 Å². The SMILES string of the molecule is COCCNC(CN)c1ccc(OC(F)F)cc1. The van der Waals surface area contributed by atoms with Gasteiger partial charge in [-0.05, 0) is 17.7 Å². The standard InChI is InChI=1S/C12H18F2N2O2/c1-17-7-6-16-11(8-15)9-2-4-10(5-3-9)18-12(13)14/h2-5,11-12,16H,6-8,15H2,1H3. The zero-order valence-electron chi connectivity index (χ0n) is 10.2. The van der Waals surface area contributed by atoms with E-state index in [0.717, 1.165) is 5.56 Å². The maximum atomic E-state index is 12.0. The van der Waals surface area contributed by atoms with Gasteiger partial charge in [0.25, 0.3) is 0 Å². The summed E-state index contributed by atoms with van der Waals surface area (Å²) in [5.41, 5.74) is 6.58. The van der Waals surface area contributed by atoms with Crippen molar-refractivity contribution in [2.75, 3.05) is 26.8 Å². The third kappa shape index (κ3) is 4.95. The van der Waals surface area contributed by atoms with Crippen LogP contribution in [0, 0.1) is 0 Å². The van der Waals surface area contributed by atoms with Gasteiger partial charge in [0.2, 0.25) is 0 Å². The second kappa shape index (κ2) is 7.97. The Labute approximate surface area is 105 Å². The van der Waals surface area contributed by atoms with Crippen LogP contribution in [0.25, 0.3) is 0 Å². The van der Waals surface area contributed by atoms with Crippen LogP contribution >= 0.6 is 0 Å². The first-order chi connectivity index (χ1) is 8.67. The maximum Gasteiger partial charge on any atom is 0.387 e. The van der Waals surface area contributed by atoms with E-state index in [1.165, 1.54) is 12.1 Å². The minimum atomic E-state index is -2.80. The Bertz CT molecular complexity index is 333. The monoisotopic (exact) mass is 260 g/mol. The van der Waals surface area contributed by atoms with Crippen molar-refractivity contribution in [1.29, 1.82) is 0 Å². The average Bonchev–Trinajstić information content (AvgIpc) is 2.35. The Balaban J connectivity index is 2.57. The van der Waals surface area contributed by atoms with E-state index < -0.39 is 6.61 Å². The molecule has 1 atom stereocenters. The summed E-state index contributed by atoms with van der Waals surface area (Å²) in [5.74, 6) is 0.140. The van der Waals surface area contributed by atoms with Crippen molar-refractivity contribution in [3.8, 4) is 5.75 Å². The molecule has 3 N–H and O–H groups in total. The average molecular weight is 260 g/mol. The lowest BCUT2D eigenvalue weighted by Gasteiger charge is -2.17. The van der Waals surface area contributed by atoms with Crippen LogP contribution in [0.4, 0.5) is 8.78 Å². The topological polar surface area (TPSA) is 56.5 Å². The maximum absolute atomic E-state index is 12.0.